The minimum atomic E-state index is -0.272. The van der Waals surface area contributed by atoms with Crippen LogP contribution < -0.4 is 4.90 Å². The number of nitrogens with zero attached hydrogens (tertiary/aromatic N) is 1. The van der Waals surface area contributed by atoms with Crippen LogP contribution in [0.25, 0.3) is 0 Å². The number of nitrogens with one attached hydrogen (secondary N) is 1. The standard InChI is InChI=1S/C10H10BrFN2/c11-7-3-4-9(8(12)6-7)14-5-1-2-10(14)13/h3-4,6,13H,1-2,5H2. The topological polar surface area (TPSA) is 27.1 Å². The van der Waals surface area contributed by atoms with Crippen LogP contribution in [0.3, 0.4) is 0 Å². The summed E-state index contributed by atoms with van der Waals surface area (Å²) in [7, 11) is 0. The SMILES string of the molecule is N=C1CCCN1c1ccc(Br)cc1F. The Balaban J connectivity index is 2.36. The summed E-state index contributed by atoms with van der Waals surface area (Å²) in [4.78, 5) is 1.72. The second kappa shape index (κ2) is 3.69. The number of amidine groups is 1. The Morgan fingerprint density at radius 1 is 1.43 bits per heavy atom. The maximum absolute atomic E-state index is 13.5. The van der Waals surface area contributed by atoms with Crippen LogP contribution in [0.1, 0.15) is 12.8 Å². The lowest BCUT2D eigenvalue weighted by Gasteiger charge is -2.18. The van der Waals surface area contributed by atoms with Gasteiger partial charge in [-0.05, 0) is 24.6 Å². The quantitative estimate of drug-likeness (QED) is 0.821. The van der Waals surface area contributed by atoms with Gasteiger partial charge in [0.05, 0.1) is 5.69 Å². The van der Waals surface area contributed by atoms with E-state index in [0.29, 0.717) is 11.5 Å². The molecule has 14 heavy (non-hydrogen) atoms. The van der Waals surface area contributed by atoms with Gasteiger partial charge in [-0.2, -0.15) is 0 Å². The Morgan fingerprint density at radius 3 is 2.79 bits per heavy atom. The molecule has 1 aromatic carbocycles. The van der Waals surface area contributed by atoms with Gasteiger partial charge in [-0.1, -0.05) is 15.9 Å². The third-order valence-corrected chi connectivity index (χ3v) is 2.81. The van der Waals surface area contributed by atoms with Gasteiger partial charge in [-0.15, -0.1) is 0 Å². The summed E-state index contributed by atoms with van der Waals surface area (Å²) in [5.74, 6) is 0.234. The summed E-state index contributed by atoms with van der Waals surface area (Å²) < 4.78 is 14.2. The number of rotatable bonds is 1. The molecule has 0 saturated carbocycles. The fourth-order valence-corrected chi connectivity index (χ4v) is 1.97. The van der Waals surface area contributed by atoms with Gasteiger partial charge in [0.1, 0.15) is 11.7 Å². The summed E-state index contributed by atoms with van der Waals surface area (Å²) in [6.07, 6.45) is 1.68. The molecule has 74 valence electrons. The van der Waals surface area contributed by atoms with E-state index in [1.807, 2.05) is 0 Å². The van der Waals surface area contributed by atoms with E-state index in [0.717, 1.165) is 23.9 Å². The van der Waals surface area contributed by atoms with Crippen LogP contribution in [0.4, 0.5) is 10.1 Å². The summed E-state index contributed by atoms with van der Waals surface area (Å²) in [6.45, 7) is 0.747. The van der Waals surface area contributed by atoms with E-state index in [9.17, 15) is 4.39 Å². The Labute approximate surface area is 90.4 Å². The van der Waals surface area contributed by atoms with E-state index in [4.69, 9.17) is 5.41 Å². The van der Waals surface area contributed by atoms with Gasteiger partial charge < -0.3 is 4.90 Å². The van der Waals surface area contributed by atoms with Crippen LogP contribution in [0.5, 0.6) is 0 Å². The zero-order chi connectivity index (χ0) is 10.1. The molecule has 1 N–H and O–H groups in total. The Kier molecular flexibility index (Phi) is 2.54. The number of hydrogen-bond donors (Lipinski definition) is 1. The molecule has 1 heterocycles. The van der Waals surface area contributed by atoms with E-state index in [2.05, 4.69) is 15.9 Å². The van der Waals surface area contributed by atoms with Crippen molar-refractivity contribution in [2.75, 3.05) is 11.4 Å². The highest BCUT2D eigenvalue weighted by molar-refractivity contribution is 9.10. The molecule has 1 fully saturated rings. The van der Waals surface area contributed by atoms with Crippen molar-refractivity contribution in [3.05, 3.63) is 28.5 Å². The van der Waals surface area contributed by atoms with Gasteiger partial charge in [0.2, 0.25) is 0 Å². The van der Waals surface area contributed by atoms with Gasteiger partial charge in [-0.3, -0.25) is 5.41 Å². The van der Waals surface area contributed by atoms with Crippen molar-refractivity contribution in [1.29, 1.82) is 5.41 Å². The lowest BCUT2D eigenvalue weighted by Crippen LogP contribution is -2.24. The molecular formula is C10H10BrFN2. The van der Waals surface area contributed by atoms with Crippen molar-refractivity contribution in [2.24, 2.45) is 0 Å². The van der Waals surface area contributed by atoms with Crippen LogP contribution in [0.15, 0.2) is 22.7 Å². The van der Waals surface area contributed by atoms with Gasteiger partial charge >= 0.3 is 0 Å². The average molecular weight is 257 g/mol. The highest BCUT2D eigenvalue weighted by Gasteiger charge is 2.20. The van der Waals surface area contributed by atoms with Crippen molar-refractivity contribution < 1.29 is 4.39 Å². The molecule has 0 unspecified atom stereocenters. The maximum atomic E-state index is 13.5. The molecule has 0 radical (unpaired) electrons. The zero-order valence-corrected chi connectivity index (χ0v) is 9.14. The fourth-order valence-electron chi connectivity index (χ4n) is 1.64. The molecule has 0 amide bonds. The monoisotopic (exact) mass is 256 g/mol. The molecule has 1 aliphatic rings. The molecule has 2 nitrogen and oxygen atoms in total. The lowest BCUT2D eigenvalue weighted by atomic mass is 10.3. The smallest absolute Gasteiger partial charge is 0.147 e. The molecule has 2 rings (SSSR count). The first kappa shape index (κ1) is 9.65. The molecule has 0 spiro atoms. The van der Waals surface area contributed by atoms with Crippen LogP contribution in [0, 0.1) is 11.2 Å². The molecule has 0 aliphatic carbocycles. The molecule has 4 heteroatoms. The normalized spacial score (nSPS) is 16.4. The van der Waals surface area contributed by atoms with Crippen molar-refractivity contribution in [1.82, 2.24) is 0 Å². The predicted molar refractivity (Wildman–Crippen MR) is 58.4 cm³/mol. The summed E-state index contributed by atoms with van der Waals surface area (Å²) >= 11 is 3.21. The molecule has 0 aromatic heterocycles. The van der Waals surface area contributed by atoms with Gasteiger partial charge in [0, 0.05) is 17.4 Å². The van der Waals surface area contributed by atoms with Crippen LogP contribution in [-0.4, -0.2) is 12.4 Å². The number of hydrogen-bond acceptors (Lipinski definition) is 1. The van der Waals surface area contributed by atoms with Crippen molar-refractivity contribution in [3.63, 3.8) is 0 Å². The first-order valence-corrected chi connectivity index (χ1v) is 5.28. The molecular weight excluding hydrogens is 247 g/mol. The van der Waals surface area contributed by atoms with Crippen molar-refractivity contribution in [3.8, 4) is 0 Å². The second-order valence-corrected chi connectivity index (χ2v) is 4.21. The average Bonchev–Trinajstić information content (AvgIpc) is 2.52. The van der Waals surface area contributed by atoms with Crippen LogP contribution in [-0.2, 0) is 0 Å². The van der Waals surface area contributed by atoms with E-state index in [1.165, 1.54) is 6.07 Å². The molecule has 1 aliphatic heterocycles. The van der Waals surface area contributed by atoms with E-state index < -0.39 is 0 Å². The largest absolute Gasteiger partial charge is 0.328 e. The van der Waals surface area contributed by atoms with Crippen molar-refractivity contribution in [2.45, 2.75) is 12.8 Å². The van der Waals surface area contributed by atoms with E-state index >= 15 is 0 Å². The van der Waals surface area contributed by atoms with Gasteiger partial charge in [0.25, 0.3) is 0 Å². The lowest BCUT2D eigenvalue weighted by molar-refractivity contribution is 0.626. The highest BCUT2D eigenvalue weighted by Crippen LogP contribution is 2.26. The Bertz CT molecular complexity index is 378. The van der Waals surface area contributed by atoms with Gasteiger partial charge in [0.15, 0.2) is 0 Å². The minimum absolute atomic E-state index is 0.272. The number of benzene rings is 1. The second-order valence-electron chi connectivity index (χ2n) is 3.30. The summed E-state index contributed by atoms with van der Waals surface area (Å²) in [5.41, 5.74) is 0.510. The third kappa shape index (κ3) is 1.66. The summed E-state index contributed by atoms with van der Waals surface area (Å²) in [6, 6.07) is 4.93. The first-order chi connectivity index (χ1) is 6.68. The predicted octanol–water partition coefficient (Wildman–Crippen LogP) is 3.17. The Morgan fingerprint density at radius 2 is 2.21 bits per heavy atom. The third-order valence-electron chi connectivity index (χ3n) is 2.32. The zero-order valence-electron chi connectivity index (χ0n) is 7.56. The fraction of sp³-hybridized carbons (Fsp3) is 0.300. The highest BCUT2D eigenvalue weighted by atomic mass is 79.9. The molecule has 1 saturated heterocycles. The minimum Gasteiger partial charge on any atom is -0.328 e. The maximum Gasteiger partial charge on any atom is 0.147 e. The molecule has 1 aromatic rings. The Hall–Kier alpha value is -0.900. The van der Waals surface area contributed by atoms with Gasteiger partial charge in [-0.25, -0.2) is 4.39 Å². The van der Waals surface area contributed by atoms with Crippen LogP contribution in [0.2, 0.25) is 0 Å². The van der Waals surface area contributed by atoms with Crippen LogP contribution >= 0.6 is 15.9 Å². The van der Waals surface area contributed by atoms with Crippen molar-refractivity contribution >= 4 is 27.5 Å². The number of halogens is 2. The van der Waals surface area contributed by atoms with E-state index in [1.54, 1.807) is 17.0 Å². The summed E-state index contributed by atoms with van der Waals surface area (Å²) in [5, 5.41) is 7.64. The molecule has 0 atom stereocenters. The first-order valence-electron chi connectivity index (χ1n) is 4.48. The number of anilines is 1. The molecule has 0 bridgehead atoms. The van der Waals surface area contributed by atoms with E-state index in [-0.39, 0.29) is 5.82 Å².